The number of benzene rings is 5. The molecule has 5 aromatic heterocycles. The van der Waals surface area contributed by atoms with E-state index in [1.807, 2.05) is 124 Å². The van der Waals surface area contributed by atoms with Crippen LogP contribution in [0.25, 0.3) is 0 Å². The second-order valence-corrected chi connectivity index (χ2v) is 26.5. The predicted octanol–water partition coefficient (Wildman–Crippen LogP) is 13.1. The Morgan fingerprint density at radius 1 is 0.427 bits per heavy atom. The zero-order valence-corrected chi connectivity index (χ0v) is 59.4. The number of ether oxygens (including phenoxy) is 1. The topological polar surface area (TPSA) is 203 Å². The van der Waals surface area contributed by atoms with Crippen LogP contribution in [-0.2, 0) is 19.3 Å². The number of hydrogen-bond acceptors (Lipinski definition) is 23. The second kappa shape index (κ2) is 34.5. The molecule has 536 valence electrons. The van der Waals surface area contributed by atoms with Gasteiger partial charge in [0, 0.05) is 193 Å². The smallest absolute Gasteiger partial charge is 0.416 e. The Kier molecular flexibility index (Phi) is 24.0. The van der Waals surface area contributed by atoms with Crippen LogP contribution in [0.4, 0.5) is 94.6 Å². The van der Waals surface area contributed by atoms with E-state index in [4.69, 9.17) is 24.7 Å². The van der Waals surface area contributed by atoms with Crippen molar-refractivity contribution < 1.29 is 17.9 Å². The third-order valence-corrected chi connectivity index (χ3v) is 18.4. The first-order valence-electron chi connectivity index (χ1n) is 35.1. The van der Waals surface area contributed by atoms with Gasteiger partial charge < -0.3 is 59.9 Å². The van der Waals surface area contributed by atoms with E-state index in [2.05, 4.69) is 136 Å². The molecule has 3 N–H and O–H groups in total. The van der Waals surface area contributed by atoms with Gasteiger partial charge in [0.2, 0.25) is 17.8 Å². The molecule has 3 aliphatic heterocycles. The van der Waals surface area contributed by atoms with Crippen molar-refractivity contribution in [1.29, 1.82) is 0 Å². The van der Waals surface area contributed by atoms with E-state index in [-0.39, 0.29) is 0 Å². The second-order valence-electron chi connectivity index (χ2n) is 26.5. The van der Waals surface area contributed by atoms with Crippen molar-refractivity contribution in [2.45, 2.75) is 57.3 Å². The molecular weight excluding hydrogens is 1310 g/mol. The molecule has 5 aromatic carbocycles. The van der Waals surface area contributed by atoms with Crippen LogP contribution in [0.3, 0.4) is 0 Å². The van der Waals surface area contributed by atoms with Crippen LogP contribution in [0.5, 0.6) is 5.75 Å². The molecule has 103 heavy (non-hydrogen) atoms. The number of nitrogens with one attached hydrogen (secondary N) is 3. The average Bonchev–Trinajstić information content (AvgIpc) is 0.825. The Balaban J connectivity index is 0.000000146. The minimum atomic E-state index is -4.36. The van der Waals surface area contributed by atoms with Crippen molar-refractivity contribution in [1.82, 2.24) is 54.7 Å². The van der Waals surface area contributed by atoms with Crippen molar-refractivity contribution in [3.8, 4) is 5.75 Å². The molecule has 14 rings (SSSR count). The zero-order chi connectivity index (χ0) is 71.5. The monoisotopic (exact) mass is 1400 g/mol. The largest absolute Gasteiger partial charge is 0.489 e. The summed E-state index contributed by atoms with van der Waals surface area (Å²) in [7, 11) is 11.8. The van der Waals surface area contributed by atoms with E-state index in [0.717, 1.165) is 167 Å². The Morgan fingerprint density at radius 3 is 1.29 bits per heavy atom. The first-order chi connectivity index (χ1) is 50.1. The molecule has 1 aliphatic carbocycles. The van der Waals surface area contributed by atoms with Gasteiger partial charge in [-0.15, -0.1) is 0 Å². The van der Waals surface area contributed by atoms with Crippen molar-refractivity contribution >= 4 is 81.5 Å². The Bertz CT molecular complexity index is 4240. The Hall–Kier alpha value is -11.2. The maximum absolute atomic E-state index is 12.8. The summed E-state index contributed by atoms with van der Waals surface area (Å²) >= 11 is 0. The minimum absolute atomic E-state index is 0.521. The van der Waals surface area contributed by atoms with Crippen LogP contribution in [0.1, 0.15) is 60.3 Å². The van der Waals surface area contributed by atoms with Gasteiger partial charge in [0.25, 0.3) is 0 Å². The summed E-state index contributed by atoms with van der Waals surface area (Å²) < 4.78 is 44.5. The normalized spacial score (nSPS) is 15.1. The lowest BCUT2D eigenvalue weighted by Gasteiger charge is -2.35. The van der Waals surface area contributed by atoms with Gasteiger partial charge in [-0.2, -0.15) is 43.1 Å². The fourth-order valence-electron chi connectivity index (χ4n) is 12.6. The van der Waals surface area contributed by atoms with Gasteiger partial charge in [-0.25, -0.2) is 9.97 Å². The van der Waals surface area contributed by atoms with Gasteiger partial charge in [-0.05, 0) is 84.0 Å². The van der Waals surface area contributed by atoms with E-state index in [1.54, 1.807) is 37.1 Å². The number of alkyl halides is 3. The average molecular weight is 1400 g/mol. The minimum Gasteiger partial charge on any atom is -0.489 e. The highest BCUT2D eigenvalue weighted by Crippen LogP contribution is 2.35. The highest BCUT2D eigenvalue weighted by atomic mass is 19.4. The third-order valence-electron chi connectivity index (χ3n) is 18.4. The molecule has 26 heteroatoms. The van der Waals surface area contributed by atoms with Gasteiger partial charge in [-0.1, -0.05) is 98.1 Å². The summed E-state index contributed by atoms with van der Waals surface area (Å²) in [6, 6.07) is 48.1. The quantitative estimate of drug-likeness (QED) is 0.0649. The Labute approximate surface area is 601 Å². The molecule has 1 saturated carbocycles. The molecule has 3 saturated heterocycles. The molecule has 23 nitrogen and oxygen atoms in total. The molecule has 0 bridgehead atoms. The summed E-state index contributed by atoms with van der Waals surface area (Å²) in [6.07, 6.45) is 12.9. The highest BCUT2D eigenvalue weighted by Gasteiger charge is 2.31. The lowest BCUT2D eigenvalue weighted by molar-refractivity contribution is -0.137. The first-order valence-corrected chi connectivity index (χ1v) is 35.1. The maximum Gasteiger partial charge on any atom is 0.416 e. The van der Waals surface area contributed by atoms with Crippen LogP contribution < -0.4 is 59.9 Å². The number of rotatable bonds is 20. The fourth-order valence-corrected chi connectivity index (χ4v) is 12.6. The number of halogens is 3. The number of piperazine rings is 3. The summed E-state index contributed by atoms with van der Waals surface area (Å²) in [5, 5.41) is 10.1. The number of anilines is 14. The lowest BCUT2D eigenvalue weighted by atomic mass is 9.84. The highest BCUT2D eigenvalue weighted by molar-refractivity contribution is 5.66. The number of nitrogens with zero attached hydrogens (tertiary/aromatic N) is 19. The predicted molar refractivity (Wildman–Crippen MR) is 407 cm³/mol. The maximum atomic E-state index is 12.8. The lowest BCUT2D eigenvalue weighted by Crippen LogP contribution is -2.47. The Morgan fingerprint density at radius 2 is 0.854 bits per heavy atom. The summed E-state index contributed by atoms with van der Waals surface area (Å²) in [4.78, 5) is 65.3. The van der Waals surface area contributed by atoms with Crippen LogP contribution >= 0.6 is 0 Å². The first kappa shape index (κ1) is 71.7. The van der Waals surface area contributed by atoms with Crippen molar-refractivity contribution in [3.05, 3.63) is 211 Å². The number of hydrogen-bond donors (Lipinski definition) is 3. The molecule has 4 aliphatic rings. The third kappa shape index (κ3) is 20.3. The van der Waals surface area contributed by atoms with Crippen molar-refractivity contribution in [2.75, 3.05) is 176 Å². The molecule has 0 spiro atoms. The van der Waals surface area contributed by atoms with Gasteiger partial charge >= 0.3 is 6.18 Å². The molecule has 8 heterocycles. The van der Waals surface area contributed by atoms with Crippen LogP contribution in [0, 0.1) is 0 Å². The zero-order valence-electron chi connectivity index (χ0n) is 59.4. The molecule has 10 aromatic rings. The SMILES string of the molecule is CN(C)c1cc(Nc2ccc(C(F)(F)F)cc2)nc(N2CCN(Cc3ccccc3)CC2)n1.CN(C)c1cc(Nc2ccc(C3CCCCC3)cc2)nc(N2CCN(c3cnccn3)CC2)n1.CN(C)c1cc(Nc2cccc(OCc3ccccc3)c2)nc(N2CCN(c3cnccn3)CC2)n1. The van der Waals surface area contributed by atoms with Crippen LogP contribution in [0.15, 0.2) is 189 Å². The molecular formula is C77H91F3N22O. The van der Waals surface area contributed by atoms with Crippen molar-refractivity contribution in [3.63, 3.8) is 0 Å². The summed E-state index contributed by atoms with van der Waals surface area (Å²) in [5.74, 6) is 9.95. The summed E-state index contributed by atoms with van der Waals surface area (Å²) in [5.41, 5.74) is 5.70. The van der Waals surface area contributed by atoms with Gasteiger partial charge in [0.15, 0.2) is 0 Å². The molecule has 0 amide bonds. The van der Waals surface area contributed by atoms with E-state index in [9.17, 15) is 13.2 Å². The van der Waals surface area contributed by atoms with E-state index >= 15 is 0 Å². The summed E-state index contributed by atoms with van der Waals surface area (Å²) in [6.45, 7) is 11.5. The number of aromatic nitrogens is 10. The van der Waals surface area contributed by atoms with Gasteiger partial charge in [-0.3, -0.25) is 14.9 Å². The van der Waals surface area contributed by atoms with Gasteiger partial charge in [0.05, 0.1) is 18.0 Å². The van der Waals surface area contributed by atoms with Crippen LogP contribution in [-0.4, -0.2) is 176 Å². The molecule has 4 fully saturated rings. The standard InChI is InChI=1S/C27H30N8O.C26H34N8.C24H27F3N6/c1-33(2)25-18-24(30-22-9-6-10-23(17-22)36-20-21-7-4-3-5-8-21)31-27(32-25)35-15-13-34(14-16-35)26-19-28-11-12-29-26;1-32(2)24-18-23(29-22-10-8-21(9-11-22)20-6-4-3-5-7-20)30-26(31-24)34-16-14-33(15-17-34)25-19-27-12-13-28-25;1-31(2)22-16-21(28-20-10-8-19(9-11-20)24(25,26)27)29-23(30-22)33-14-12-32(13-15-33)17-18-6-4-3-5-7-18/h3-12,17-19H,13-16,20H2,1-2H3,(H,30,31,32);8-13,18-20H,3-7,14-17H2,1-2H3,(H,29,30,31);3-11,16H,12-15,17H2,1-2H3,(H,28,29,30). The molecule has 0 radical (unpaired) electrons. The van der Waals surface area contributed by atoms with Crippen molar-refractivity contribution in [2.24, 2.45) is 0 Å². The van der Waals surface area contributed by atoms with Gasteiger partial charge in [0.1, 0.15) is 58.9 Å². The van der Waals surface area contributed by atoms with Crippen LogP contribution in [0.2, 0.25) is 0 Å². The van der Waals surface area contributed by atoms with E-state index in [1.165, 1.54) is 55.4 Å². The molecule has 0 unspecified atom stereocenters. The van der Waals surface area contributed by atoms with E-state index in [0.29, 0.717) is 35.9 Å². The fraction of sp³-hybridized carbons (Fsp3) is 0.351. The molecule has 0 atom stereocenters. The van der Waals surface area contributed by atoms with E-state index < -0.39 is 11.7 Å².